The Morgan fingerprint density at radius 3 is 2.96 bits per heavy atom. The van der Waals surface area contributed by atoms with E-state index in [-0.39, 0.29) is 16.7 Å². The zero-order valence-corrected chi connectivity index (χ0v) is 14.1. The molecule has 2 atom stereocenters. The monoisotopic (exact) mass is 342 g/mol. The van der Waals surface area contributed by atoms with Gasteiger partial charge in [0, 0.05) is 30.3 Å². The fraction of sp³-hybridized carbons (Fsp3) is 0.353. The van der Waals surface area contributed by atoms with Gasteiger partial charge in [-0.3, -0.25) is 19.5 Å². The maximum absolute atomic E-state index is 12.8. The van der Waals surface area contributed by atoms with E-state index >= 15 is 0 Å². The van der Waals surface area contributed by atoms with E-state index in [0.29, 0.717) is 18.1 Å². The van der Waals surface area contributed by atoms with Crippen LogP contribution in [0.15, 0.2) is 42.7 Å². The number of nitrogens with one attached hydrogen (secondary N) is 1. The third-order valence-electron chi connectivity index (χ3n) is 4.66. The van der Waals surface area contributed by atoms with Crippen LogP contribution in [0, 0.1) is 0 Å². The highest BCUT2D eigenvalue weighted by molar-refractivity contribution is 8.01. The number of benzene rings is 1. The summed E-state index contributed by atoms with van der Waals surface area (Å²) in [6.45, 7) is 2.04. The quantitative estimate of drug-likeness (QED) is 0.929. The number of nitrogens with zero attached hydrogens (tertiary/aromatic N) is 3. The Kier molecular flexibility index (Phi) is 3.60. The predicted molar refractivity (Wildman–Crippen MR) is 92.9 cm³/mol. The van der Waals surface area contributed by atoms with Crippen LogP contribution in [0.25, 0.3) is 5.69 Å². The molecule has 2 amide bonds. The van der Waals surface area contributed by atoms with Crippen molar-refractivity contribution >= 4 is 29.5 Å². The van der Waals surface area contributed by atoms with Crippen molar-refractivity contribution in [3.8, 4) is 5.69 Å². The molecule has 6 nitrogen and oxygen atoms in total. The third-order valence-corrected chi connectivity index (χ3v) is 6.16. The number of hydrogen-bond acceptors (Lipinski definition) is 4. The van der Waals surface area contributed by atoms with E-state index in [4.69, 9.17) is 0 Å². The van der Waals surface area contributed by atoms with Crippen molar-refractivity contribution in [3.05, 3.63) is 42.7 Å². The highest BCUT2D eigenvalue weighted by Gasteiger charge is 2.53. The van der Waals surface area contributed by atoms with Gasteiger partial charge in [0.1, 0.15) is 6.04 Å². The molecule has 124 valence electrons. The number of carbonyl (C=O) groups is 2. The van der Waals surface area contributed by atoms with Crippen molar-refractivity contribution in [1.29, 1.82) is 0 Å². The van der Waals surface area contributed by atoms with Gasteiger partial charge < -0.3 is 4.90 Å². The van der Waals surface area contributed by atoms with Crippen LogP contribution in [0.5, 0.6) is 0 Å². The van der Waals surface area contributed by atoms with Gasteiger partial charge in [0.2, 0.25) is 17.8 Å². The first kappa shape index (κ1) is 15.3. The van der Waals surface area contributed by atoms with Crippen LogP contribution in [0.2, 0.25) is 0 Å². The van der Waals surface area contributed by atoms with Crippen molar-refractivity contribution in [2.24, 2.45) is 0 Å². The Morgan fingerprint density at radius 2 is 2.17 bits per heavy atom. The summed E-state index contributed by atoms with van der Waals surface area (Å²) in [6.07, 6.45) is 4.78. The molecular weight excluding hydrogens is 324 g/mol. The average Bonchev–Trinajstić information content (AvgIpc) is 3.25. The first-order valence-electron chi connectivity index (χ1n) is 7.94. The van der Waals surface area contributed by atoms with E-state index in [1.54, 1.807) is 29.1 Å². The third kappa shape index (κ3) is 2.39. The lowest BCUT2D eigenvalue weighted by molar-refractivity contribution is -0.135. The molecule has 0 unspecified atom stereocenters. The summed E-state index contributed by atoms with van der Waals surface area (Å²) in [7, 11) is 0. The largest absolute Gasteiger partial charge is 0.315 e. The Morgan fingerprint density at radius 1 is 1.38 bits per heavy atom. The van der Waals surface area contributed by atoms with Crippen LogP contribution in [-0.2, 0) is 9.59 Å². The molecule has 0 aliphatic carbocycles. The molecular formula is C17H18N4O2S. The Bertz CT molecular complexity index is 791. The van der Waals surface area contributed by atoms with Crippen molar-refractivity contribution < 1.29 is 9.59 Å². The van der Waals surface area contributed by atoms with Crippen LogP contribution in [-0.4, -0.2) is 42.9 Å². The van der Waals surface area contributed by atoms with Gasteiger partial charge >= 0.3 is 0 Å². The zero-order chi connectivity index (χ0) is 16.7. The second-order valence-corrected chi connectivity index (χ2v) is 7.71. The first-order chi connectivity index (χ1) is 11.6. The maximum Gasteiger partial charge on any atom is 0.250 e. The Labute approximate surface area is 144 Å². The molecule has 2 aliphatic rings. The maximum atomic E-state index is 12.8. The lowest BCUT2D eigenvalue weighted by Gasteiger charge is -2.29. The number of para-hydroxylation sites is 1. The summed E-state index contributed by atoms with van der Waals surface area (Å²) in [5.74, 6) is 0.982. The standard InChI is InChI=1S/C17H18N4O2S/c1-17-8-7-14(22)21(17)13(11-24-17)15(23)19-16-18-9-10-20(16)12-5-3-2-4-6-12/h2-6,9-10,13H,7-8,11H2,1H3,(H,18,19,23)/t13-,17-/m1/s1. The van der Waals surface area contributed by atoms with Gasteiger partial charge in [-0.2, -0.15) is 0 Å². The molecule has 0 saturated carbocycles. The SMILES string of the molecule is C[C@@]12CCC(=O)N1[C@@H](C(=O)Nc1nccn1-c1ccccc1)CS2. The number of fused-ring (bicyclic) bond motifs is 1. The summed E-state index contributed by atoms with van der Waals surface area (Å²) in [5.41, 5.74) is 0.924. The number of anilines is 1. The molecule has 0 radical (unpaired) electrons. The van der Waals surface area contributed by atoms with Gasteiger partial charge in [-0.05, 0) is 25.5 Å². The molecule has 24 heavy (non-hydrogen) atoms. The Hall–Kier alpha value is -2.28. The van der Waals surface area contributed by atoms with E-state index in [2.05, 4.69) is 10.3 Å². The fourth-order valence-corrected chi connectivity index (χ4v) is 4.83. The minimum atomic E-state index is -0.434. The van der Waals surface area contributed by atoms with E-state index < -0.39 is 6.04 Å². The minimum absolute atomic E-state index is 0.0639. The molecule has 2 saturated heterocycles. The van der Waals surface area contributed by atoms with Crippen LogP contribution >= 0.6 is 11.8 Å². The summed E-state index contributed by atoms with van der Waals surface area (Å²) < 4.78 is 1.82. The van der Waals surface area contributed by atoms with Crippen LogP contribution in [0.1, 0.15) is 19.8 Å². The number of hydrogen-bond donors (Lipinski definition) is 1. The molecule has 1 aromatic heterocycles. The lowest BCUT2D eigenvalue weighted by atomic mass is 10.2. The van der Waals surface area contributed by atoms with Crippen molar-refractivity contribution in [3.63, 3.8) is 0 Å². The molecule has 7 heteroatoms. The van der Waals surface area contributed by atoms with Crippen molar-refractivity contribution in [2.75, 3.05) is 11.1 Å². The molecule has 1 aromatic carbocycles. The highest BCUT2D eigenvalue weighted by Crippen LogP contribution is 2.47. The number of rotatable bonds is 3. The molecule has 2 aromatic rings. The van der Waals surface area contributed by atoms with Gasteiger partial charge in [0.25, 0.3) is 0 Å². The summed E-state index contributed by atoms with van der Waals surface area (Å²) in [6, 6.07) is 9.27. The van der Waals surface area contributed by atoms with Gasteiger partial charge in [0.15, 0.2) is 0 Å². The van der Waals surface area contributed by atoms with Gasteiger partial charge in [0.05, 0.1) is 4.87 Å². The molecule has 0 bridgehead atoms. The number of aromatic nitrogens is 2. The van der Waals surface area contributed by atoms with Gasteiger partial charge in [-0.25, -0.2) is 4.98 Å². The first-order valence-corrected chi connectivity index (χ1v) is 8.93. The molecule has 1 N–H and O–H groups in total. The molecule has 0 spiro atoms. The molecule has 2 aliphatic heterocycles. The second kappa shape index (κ2) is 5.66. The van der Waals surface area contributed by atoms with Gasteiger partial charge in [-0.15, -0.1) is 11.8 Å². The van der Waals surface area contributed by atoms with Crippen molar-refractivity contribution in [2.45, 2.75) is 30.7 Å². The normalized spacial score (nSPS) is 25.8. The van der Waals surface area contributed by atoms with E-state index in [1.165, 1.54) is 0 Å². The van der Waals surface area contributed by atoms with E-state index in [0.717, 1.165) is 12.1 Å². The van der Waals surface area contributed by atoms with E-state index in [9.17, 15) is 9.59 Å². The van der Waals surface area contributed by atoms with E-state index in [1.807, 2.05) is 41.8 Å². The summed E-state index contributed by atoms with van der Waals surface area (Å²) >= 11 is 1.69. The fourth-order valence-electron chi connectivity index (χ4n) is 3.40. The number of thioether (sulfide) groups is 1. The average molecular weight is 342 g/mol. The highest BCUT2D eigenvalue weighted by atomic mass is 32.2. The Balaban J connectivity index is 1.56. The summed E-state index contributed by atoms with van der Waals surface area (Å²) in [4.78, 5) is 30.7. The van der Waals surface area contributed by atoms with Gasteiger partial charge in [-0.1, -0.05) is 18.2 Å². The van der Waals surface area contributed by atoms with Crippen LogP contribution in [0.4, 0.5) is 5.95 Å². The smallest absolute Gasteiger partial charge is 0.250 e. The topological polar surface area (TPSA) is 67.2 Å². The number of imidazole rings is 1. The molecule has 2 fully saturated rings. The second-order valence-electron chi connectivity index (χ2n) is 6.21. The summed E-state index contributed by atoms with van der Waals surface area (Å²) in [5, 5.41) is 2.89. The zero-order valence-electron chi connectivity index (χ0n) is 13.3. The lowest BCUT2D eigenvalue weighted by Crippen LogP contribution is -2.48. The number of amides is 2. The van der Waals surface area contributed by atoms with Crippen molar-refractivity contribution in [1.82, 2.24) is 14.5 Å². The van der Waals surface area contributed by atoms with Crippen LogP contribution < -0.4 is 5.32 Å². The van der Waals surface area contributed by atoms with Crippen LogP contribution in [0.3, 0.4) is 0 Å². The number of carbonyl (C=O) groups excluding carboxylic acids is 2. The minimum Gasteiger partial charge on any atom is -0.315 e. The predicted octanol–water partition coefficient (Wildman–Crippen LogP) is 2.26. The molecule has 3 heterocycles. The molecule has 4 rings (SSSR count).